The Bertz CT molecular complexity index is 509. The maximum absolute atomic E-state index is 11.5. The monoisotopic (exact) mass is 262 g/mol. The number of benzene rings is 1. The highest BCUT2D eigenvalue weighted by Gasteiger charge is 2.25. The number of anilines is 1. The molecule has 0 spiro atoms. The Morgan fingerprint density at radius 1 is 1.47 bits per heavy atom. The van der Waals surface area contributed by atoms with Crippen molar-refractivity contribution in [3.05, 3.63) is 33.9 Å². The van der Waals surface area contributed by atoms with Crippen molar-refractivity contribution in [1.29, 1.82) is 0 Å². The molecule has 1 aliphatic rings. The van der Waals surface area contributed by atoms with E-state index in [2.05, 4.69) is 11.8 Å². The average molecular weight is 262 g/mol. The normalized spacial score (nSPS) is 14.2. The van der Waals surface area contributed by atoms with Gasteiger partial charge in [0.05, 0.1) is 10.5 Å². The highest BCUT2D eigenvalue weighted by atomic mass is 16.6. The van der Waals surface area contributed by atoms with Gasteiger partial charge in [-0.3, -0.25) is 14.9 Å². The van der Waals surface area contributed by atoms with Crippen molar-refractivity contribution in [3.63, 3.8) is 0 Å². The first-order chi connectivity index (χ1) is 9.02. The lowest BCUT2D eigenvalue weighted by Crippen LogP contribution is -2.25. The number of Topliss-reactive ketones (excluding diaryl/α,β-unsaturated/α-hetero) is 1. The summed E-state index contributed by atoms with van der Waals surface area (Å²) in [6, 6.07) is 4.81. The summed E-state index contributed by atoms with van der Waals surface area (Å²) in [4.78, 5) is 24.1. The van der Waals surface area contributed by atoms with Crippen LogP contribution in [0, 0.1) is 16.0 Å². The molecule has 1 aromatic carbocycles. The molecular weight excluding hydrogens is 244 g/mol. The molecule has 0 bridgehead atoms. The molecule has 2 rings (SSSR count). The van der Waals surface area contributed by atoms with E-state index in [-0.39, 0.29) is 17.0 Å². The number of ketones is 1. The van der Waals surface area contributed by atoms with Gasteiger partial charge in [-0.15, -0.1) is 0 Å². The van der Waals surface area contributed by atoms with E-state index in [1.807, 2.05) is 0 Å². The molecule has 0 saturated heterocycles. The summed E-state index contributed by atoms with van der Waals surface area (Å²) in [5.74, 6) is 0.465. The minimum atomic E-state index is -0.502. The summed E-state index contributed by atoms with van der Waals surface area (Å²) in [5, 5.41) is 10.9. The van der Waals surface area contributed by atoms with Crippen LogP contribution in [0.5, 0.6) is 0 Å². The number of nitro benzene ring substituents is 1. The van der Waals surface area contributed by atoms with Gasteiger partial charge in [0.15, 0.2) is 5.78 Å². The quantitative estimate of drug-likeness (QED) is 0.449. The second-order valence-electron chi connectivity index (χ2n) is 5.00. The van der Waals surface area contributed by atoms with E-state index in [0.29, 0.717) is 0 Å². The molecular formula is C14H18N2O3. The van der Waals surface area contributed by atoms with Crippen LogP contribution in [0.4, 0.5) is 11.4 Å². The third kappa shape index (κ3) is 3.10. The fourth-order valence-electron chi connectivity index (χ4n) is 2.19. The van der Waals surface area contributed by atoms with E-state index in [9.17, 15) is 14.9 Å². The van der Waals surface area contributed by atoms with Crippen LogP contribution in [-0.4, -0.2) is 23.8 Å². The zero-order valence-corrected chi connectivity index (χ0v) is 11.3. The van der Waals surface area contributed by atoms with Crippen molar-refractivity contribution in [1.82, 2.24) is 0 Å². The summed E-state index contributed by atoms with van der Waals surface area (Å²) >= 11 is 0. The maximum Gasteiger partial charge on any atom is 0.280 e. The van der Waals surface area contributed by atoms with Crippen LogP contribution in [0.25, 0.3) is 0 Å². The van der Waals surface area contributed by atoms with Crippen LogP contribution >= 0.6 is 0 Å². The molecule has 0 heterocycles. The number of hydrogen-bond donors (Lipinski definition) is 0. The number of hydrogen-bond acceptors (Lipinski definition) is 4. The largest absolute Gasteiger partial charge is 0.372 e. The summed E-state index contributed by atoms with van der Waals surface area (Å²) in [6.07, 6.45) is 2.51. The predicted octanol–water partition coefficient (Wildman–Crippen LogP) is 3.03. The van der Waals surface area contributed by atoms with Gasteiger partial charge < -0.3 is 4.90 Å². The molecule has 5 heteroatoms. The topological polar surface area (TPSA) is 63.4 Å². The Hall–Kier alpha value is -1.91. The molecule has 0 unspecified atom stereocenters. The summed E-state index contributed by atoms with van der Waals surface area (Å²) < 4.78 is 0. The van der Waals surface area contributed by atoms with Crippen molar-refractivity contribution >= 4 is 17.2 Å². The van der Waals surface area contributed by atoms with Crippen LogP contribution in [-0.2, 0) is 0 Å². The van der Waals surface area contributed by atoms with Crippen molar-refractivity contribution in [2.45, 2.75) is 26.7 Å². The summed E-state index contributed by atoms with van der Waals surface area (Å²) in [7, 11) is 0. The first-order valence-corrected chi connectivity index (χ1v) is 6.57. The molecule has 0 N–H and O–H groups in total. The number of rotatable bonds is 6. The lowest BCUT2D eigenvalue weighted by molar-refractivity contribution is -0.385. The highest BCUT2D eigenvalue weighted by molar-refractivity contribution is 5.99. The third-order valence-corrected chi connectivity index (χ3v) is 3.48. The van der Waals surface area contributed by atoms with E-state index < -0.39 is 4.92 Å². The minimum absolute atomic E-state index is 0.112. The highest BCUT2D eigenvalue weighted by Crippen LogP contribution is 2.32. The van der Waals surface area contributed by atoms with Gasteiger partial charge in [0, 0.05) is 24.8 Å². The van der Waals surface area contributed by atoms with Gasteiger partial charge >= 0.3 is 0 Å². The predicted molar refractivity (Wildman–Crippen MR) is 73.7 cm³/mol. The van der Waals surface area contributed by atoms with Gasteiger partial charge in [0.2, 0.25) is 0 Å². The van der Waals surface area contributed by atoms with Crippen molar-refractivity contribution in [3.8, 4) is 0 Å². The van der Waals surface area contributed by atoms with Crippen LogP contribution in [0.2, 0.25) is 0 Å². The molecule has 19 heavy (non-hydrogen) atoms. The van der Waals surface area contributed by atoms with Gasteiger partial charge in [-0.05, 0) is 44.7 Å². The third-order valence-electron chi connectivity index (χ3n) is 3.48. The number of nitrogens with zero attached hydrogens (tertiary/aromatic N) is 2. The standard InChI is InChI=1S/C14H18N2O3/c1-3-15(9-11-4-5-11)12-6-7-14(16(18)19)13(8-12)10(2)17/h6-8,11H,3-5,9H2,1-2H3. The Morgan fingerprint density at radius 3 is 2.63 bits per heavy atom. The second kappa shape index (κ2) is 5.38. The van der Waals surface area contributed by atoms with E-state index in [4.69, 9.17) is 0 Å². The molecule has 0 atom stereocenters. The fraction of sp³-hybridized carbons (Fsp3) is 0.500. The molecule has 0 aromatic heterocycles. The fourth-order valence-corrected chi connectivity index (χ4v) is 2.19. The van der Waals surface area contributed by atoms with E-state index in [1.54, 1.807) is 12.1 Å². The van der Waals surface area contributed by atoms with Crippen molar-refractivity contribution < 1.29 is 9.72 Å². The van der Waals surface area contributed by atoms with Gasteiger partial charge in [0.25, 0.3) is 5.69 Å². The van der Waals surface area contributed by atoms with E-state index in [0.717, 1.165) is 24.7 Å². The van der Waals surface area contributed by atoms with E-state index >= 15 is 0 Å². The molecule has 1 fully saturated rings. The van der Waals surface area contributed by atoms with Crippen LogP contribution in [0.1, 0.15) is 37.0 Å². The molecule has 0 aliphatic heterocycles. The van der Waals surface area contributed by atoms with E-state index in [1.165, 1.54) is 25.8 Å². The number of carbonyl (C=O) groups excluding carboxylic acids is 1. The Labute approximate surface area is 112 Å². The van der Waals surface area contributed by atoms with Gasteiger partial charge in [0.1, 0.15) is 0 Å². The summed E-state index contributed by atoms with van der Waals surface area (Å²) in [5.41, 5.74) is 0.973. The van der Waals surface area contributed by atoms with Crippen LogP contribution in [0.15, 0.2) is 18.2 Å². The lowest BCUT2D eigenvalue weighted by atomic mass is 10.1. The SMILES string of the molecule is CCN(CC1CC1)c1ccc([N+](=O)[O-])c(C(C)=O)c1. The van der Waals surface area contributed by atoms with Crippen LogP contribution in [0.3, 0.4) is 0 Å². The molecule has 0 amide bonds. The van der Waals surface area contributed by atoms with Crippen LogP contribution < -0.4 is 4.90 Å². The summed E-state index contributed by atoms with van der Waals surface area (Å²) in [6.45, 7) is 5.22. The molecule has 1 aliphatic carbocycles. The minimum Gasteiger partial charge on any atom is -0.372 e. The Morgan fingerprint density at radius 2 is 2.16 bits per heavy atom. The molecule has 102 valence electrons. The zero-order valence-electron chi connectivity index (χ0n) is 11.3. The Balaban J connectivity index is 2.32. The zero-order chi connectivity index (χ0) is 14.0. The second-order valence-corrected chi connectivity index (χ2v) is 5.00. The smallest absolute Gasteiger partial charge is 0.280 e. The molecule has 1 saturated carbocycles. The Kier molecular flexibility index (Phi) is 3.83. The van der Waals surface area contributed by atoms with Gasteiger partial charge in [-0.1, -0.05) is 0 Å². The van der Waals surface area contributed by atoms with Crippen molar-refractivity contribution in [2.75, 3.05) is 18.0 Å². The molecule has 1 aromatic rings. The maximum atomic E-state index is 11.5. The molecule has 0 radical (unpaired) electrons. The number of nitro groups is 1. The average Bonchev–Trinajstić information content (AvgIpc) is 3.19. The first-order valence-electron chi connectivity index (χ1n) is 6.57. The lowest BCUT2D eigenvalue weighted by Gasteiger charge is -2.23. The van der Waals surface area contributed by atoms with Gasteiger partial charge in [-0.2, -0.15) is 0 Å². The first kappa shape index (κ1) is 13.5. The number of carbonyl (C=O) groups is 1. The molecule has 5 nitrogen and oxygen atoms in total. The van der Waals surface area contributed by atoms with Gasteiger partial charge in [-0.25, -0.2) is 0 Å². The van der Waals surface area contributed by atoms with Crippen molar-refractivity contribution in [2.24, 2.45) is 5.92 Å².